The molecule has 0 heterocycles. The van der Waals surface area contributed by atoms with E-state index in [1.165, 1.54) is 0 Å². The third-order valence-corrected chi connectivity index (χ3v) is 3.68. The van der Waals surface area contributed by atoms with Crippen LogP contribution in [0.1, 0.15) is 12.8 Å². The smallest absolute Gasteiger partial charge is 0.200 e. The Bertz CT molecular complexity index is 609. The Morgan fingerprint density at radius 3 is 2.15 bits per heavy atom. The van der Waals surface area contributed by atoms with Crippen LogP contribution in [0.2, 0.25) is 0 Å². The summed E-state index contributed by atoms with van der Waals surface area (Å²) in [4.78, 5) is 0. The lowest BCUT2D eigenvalue weighted by atomic mass is 9.74. The Labute approximate surface area is 111 Å². The summed E-state index contributed by atoms with van der Waals surface area (Å²) in [6.45, 7) is 0. The van der Waals surface area contributed by atoms with E-state index < -0.39 is 34.8 Å². The lowest BCUT2D eigenvalue weighted by molar-refractivity contribution is 0.381. The van der Waals surface area contributed by atoms with E-state index in [1.54, 1.807) is 0 Å². The summed E-state index contributed by atoms with van der Waals surface area (Å²) in [5, 5.41) is 3.77. The van der Waals surface area contributed by atoms with Crippen LogP contribution in [0.4, 0.5) is 27.6 Å². The molecule has 1 N–H and O–H groups in total. The molecule has 1 saturated carbocycles. The number of hydrogen-bond donors (Lipinski definition) is 1. The van der Waals surface area contributed by atoms with Crippen molar-refractivity contribution in [3.05, 3.63) is 41.2 Å². The van der Waals surface area contributed by atoms with E-state index in [1.807, 2.05) is 17.6 Å². The fourth-order valence-corrected chi connectivity index (χ4v) is 2.49. The van der Waals surface area contributed by atoms with Gasteiger partial charge in [0, 0.05) is 11.6 Å². The number of halogens is 5. The minimum absolute atomic E-state index is 0.170. The van der Waals surface area contributed by atoms with Crippen molar-refractivity contribution >= 4 is 11.4 Å². The first kappa shape index (κ1) is 13.1. The van der Waals surface area contributed by atoms with Crippen LogP contribution in [0.3, 0.4) is 0 Å². The van der Waals surface area contributed by atoms with Crippen molar-refractivity contribution in [2.75, 3.05) is 5.43 Å². The zero-order valence-electron chi connectivity index (χ0n) is 10.1. The highest BCUT2D eigenvalue weighted by molar-refractivity contribution is 5.94. The molecule has 7 heteroatoms. The molecule has 0 unspecified atom stereocenters. The van der Waals surface area contributed by atoms with Crippen LogP contribution in [0.15, 0.2) is 17.3 Å². The molecule has 2 nitrogen and oxygen atoms in total. The van der Waals surface area contributed by atoms with Crippen LogP contribution in [0.25, 0.3) is 0 Å². The molecule has 0 bridgehead atoms. The van der Waals surface area contributed by atoms with Crippen molar-refractivity contribution in [2.24, 2.45) is 16.9 Å². The maximum Gasteiger partial charge on any atom is 0.200 e. The van der Waals surface area contributed by atoms with Crippen LogP contribution >= 0.6 is 0 Å². The number of allylic oxidation sites excluding steroid dienone is 2. The van der Waals surface area contributed by atoms with E-state index >= 15 is 0 Å². The number of hydrogen-bond acceptors (Lipinski definition) is 2. The highest BCUT2D eigenvalue weighted by Crippen LogP contribution is 2.40. The minimum atomic E-state index is -2.18. The largest absolute Gasteiger partial charge is 0.272 e. The minimum Gasteiger partial charge on any atom is -0.272 e. The monoisotopic (exact) mass is 288 g/mol. The van der Waals surface area contributed by atoms with Crippen molar-refractivity contribution in [2.45, 2.75) is 12.8 Å². The van der Waals surface area contributed by atoms with Crippen molar-refractivity contribution < 1.29 is 22.0 Å². The van der Waals surface area contributed by atoms with E-state index in [0.717, 1.165) is 6.42 Å². The number of fused-ring (bicyclic) bond motifs is 1. The van der Waals surface area contributed by atoms with Gasteiger partial charge in [0.05, 0.1) is 0 Å². The molecular weight excluding hydrogens is 279 g/mol. The molecule has 20 heavy (non-hydrogen) atoms. The van der Waals surface area contributed by atoms with Crippen molar-refractivity contribution in [3.8, 4) is 0 Å². The van der Waals surface area contributed by atoms with E-state index in [2.05, 4.69) is 5.10 Å². The zero-order chi connectivity index (χ0) is 14.4. The predicted octanol–water partition coefficient (Wildman–Crippen LogP) is 3.75. The molecule has 3 rings (SSSR count). The summed E-state index contributed by atoms with van der Waals surface area (Å²) in [6, 6.07) is 0. The standard InChI is InChI=1S/C13H9F5N2/c14-8-9(15)11(17)13(12(18)10(8)16)20-19-7-4-5-2-1-3-6(5)7/h1-2,5-6,20H,3-4H2/b19-7-/t5-,6-/m1/s1. The molecule has 1 aromatic rings. The molecular formula is C13H9F5N2. The van der Waals surface area contributed by atoms with Crippen LogP contribution < -0.4 is 5.43 Å². The second-order valence-electron chi connectivity index (χ2n) is 4.80. The van der Waals surface area contributed by atoms with Crippen LogP contribution in [-0.2, 0) is 0 Å². The summed E-state index contributed by atoms with van der Waals surface area (Å²) < 4.78 is 65.6. The van der Waals surface area contributed by atoms with Gasteiger partial charge in [0.25, 0.3) is 0 Å². The Kier molecular flexibility index (Phi) is 2.99. The van der Waals surface area contributed by atoms with Crippen molar-refractivity contribution in [3.63, 3.8) is 0 Å². The van der Waals surface area contributed by atoms with Gasteiger partial charge >= 0.3 is 0 Å². The lowest BCUT2D eigenvalue weighted by Gasteiger charge is -2.31. The number of hydrazone groups is 1. The van der Waals surface area contributed by atoms with Crippen LogP contribution in [-0.4, -0.2) is 5.71 Å². The Hall–Kier alpha value is -1.92. The van der Waals surface area contributed by atoms with Crippen molar-refractivity contribution in [1.29, 1.82) is 0 Å². The molecule has 0 aliphatic heterocycles. The number of nitrogens with one attached hydrogen (secondary N) is 1. The Balaban J connectivity index is 1.87. The van der Waals surface area contributed by atoms with E-state index in [-0.39, 0.29) is 5.92 Å². The van der Waals surface area contributed by atoms with Gasteiger partial charge in [0.2, 0.25) is 5.82 Å². The van der Waals surface area contributed by atoms with Crippen molar-refractivity contribution in [1.82, 2.24) is 0 Å². The van der Waals surface area contributed by atoms with E-state index in [9.17, 15) is 22.0 Å². The summed E-state index contributed by atoms with van der Waals surface area (Å²) in [5.41, 5.74) is 1.52. The number of benzene rings is 1. The third-order valence-electron chi connectivity index (χ3n) is 3.68. The predicted molar refractivity (Wildman–Crippen MR) is 62.6 cm³/mol. The fourth-order valence-electron chi connectivity index (χ4n) is 2.49. The van der Waals surface area contributed by atoms with Gasteiger partial charge < -0.3 is 0 Å². The SMILES string of the molecule is Fc1c(F)c(F)c(N/N=C2/C[C@H]3C=CC[C@@H]23)c(F)c1F. The number of anilines is 1. The topological polar surface area (TPSA) is 24.4 Å². The summed E-state index contributed by atoms with van der Waals surface area (Å²) in [5.74, 6) is -9.43. The second-order valence-corrected chi connectivity index (χ2v) is 4.80. The quantitative estimate of drug-likeness (QED) is 0.289. The molecule has 2 aliphatic carbocycles. The first-order valence-corrected chi connectivity index (χ1v) is 6.01. The molecule has 0 aromatic heterocycles. The molecule has 1 aromatic carbocycles. The molecule has 0 radical (unpaired) electrons. The average Bonchev–Trinajstić information content (AvgIpc) is 2.79. The van der Waals surface area contributed by atoms with E-state index in [0.29, 0.717) is 18.1 Å². The molecule has 0 amide bonds. The summed E-state index contributed by atoms with van der Waals surface area (Å²) >= 11 is 0. The fraction of sp³-hybridized carbons (Fsp3) is 0.308. The van der Waals surface area contributed by atoms with Gasteiger partial charge in [-0.05, 0) is 18.8 Å². The number of rotatable bonds is 2. The van der Waals surface area contributed by atoms with Crippen LogP contribution in [0, 0.1) is 40.9 Å². The Morgan fingerprint density at radius 2 is 1.55 bits per heavy atom. The van der Waals surface area contributed by atoms with Gasteiger partial charge in [-0.15, -0.1) is 0 Å². The van der Waals surface area contributed by atoms with Gasteiger partial charge in [-0.25, -0.2) is 22.0 Å². The lowest BCUT2D eigenvalue weighted by Crippen LogP contribution is -2.33. The highest BCUT2D eigenvalue weighted by Gasteiger charge is 2.38. The van der Waals surface area contributed by atoms with Gasteiger partial charge in [0.15, 0.2) is 23.3 Å². The summed E-state index contributed by atoms with van der Waals surface area (Å²) in [6.07, 6.45) is 5.42. The van der Waals surface area contributed by atoms with Gasteiger partial charge in [-0.1, -0.05) is 12.2 Å². The second kappa shape index (κ2) is 4.57. The Morgan fingerprint density at radius 1 is 0.950 bits per heavy atom. The summed E-state index contributed by atoms with van der Waals surface area (Å²) in [7, 11) is 0. The number of nitrogens with zero attached hydrogens (tertiary/aromatic N) is 1. The van der Waals surface area contributed by atoms with Gasteiger partial charge in [0.1, 0.15) is 5.69 Å². The zero-order valence-corrected chi connectivity index (χ0v) is 10.1. The van der Waals surface area contributed by atoms with E-state index in [4.69, 9.17) is 0 Å². The average molecular weight is 288 g/mol. The molecule has 2 aliphatic rings. The molecule has 106 valence electrons. The first-order chi connectivity index (χ1) is 9.50. The van der Waals surface area contributed by atoms with Crippen LogP contribution in [0.5, 0.6) is 0 Å². The highest BCUT2D eigenvalue weighted by atomic mass is 19.2. The molecule has 1 fully saturated rings. The normalized spacial score (nSPS) is 25.8. The maximum absolute atomic E-state index is 13.4. The van der Waals surface area contributed by atoms with Gasteiger partial charge in [-0.2, -0.15) is 5.10 Å². The third kappa shape index (κ3) is 1.80. The first-order valence-electron chi connectivity index (χ1n) is 6.01. The maximum atomic E-state index is 13.4. The van der Waals surface area contributed by atoms with Gasteiger partial charge in [-0.3, -0.25) is 5.43 Å². The molecule has 2 atom stereocenters. The molecule has 0 spiro atoms. The molecule has 0 saturated heterocycles.